The van der Waals surface area contributed by atoms with E-state index in [1.165, 1.54) is 5.56 Å². The van der Waals surface area contributed by atoms with E-state index in [9.17, 15) is 5.11 Å². The van der Waals surface area contributed by atoms with Crippen LogP contribution < -0.4 is 0 Å². The number of hydrogen-bond acceptors (Lipinski definition) is 2. The summed E-state index contributed by atoms with van der Waals surface area (Å²) >= 11 is 0. The lowest BCUT2D eigenvalue weighted by atomic mass is 9.87. The Balaban J connectivity index is 2.09. The zero-order valence-corrected chi connectivity index (χ0v) is 11.7. The van der Waals surface area contributed by atoms with Gasteiger partial charge in [0, 0.05) is 25.6 Å². The standard InChI is InChI=1S/C16H22N2O/c1-3-16(19,10-14-8-6-5-7-9-14)11-15-12-17-18(4-2)13-15/h5-9,12-13,19H,3-4,10-11H2,1-2H3. The van der Waals surface area contributed by atoms with Gasteiger partial charge in [-0.3, -0.25) is 4.68 Å². The van der Waals surface area contributed by atoms with Crippen molar-refractivity contribution in [3.8, 4) is 0 Å². The Morgan fingerprint density at radius 3 is 2.37 bits per heavy atom. The number of nitrogens with zero attached hydrogens (tertiary/aromatic N) is 2. The molecule has 0 aliphatic rings. The van der Waals surface area contributed by atoms with Gasteiger partial charge in [0.2, 0.25) is 0 Å². The summed E-state index contributed by atoms with van der Waals surface area (Å²) in [6, 6.07) is 10.2. The summed E-state index contributed by atoms with van der Waals surface area (Å²) < 4.78 is 1.90. The first-order valence-electron chi connectivity index (χ1n) is 6.93. The average molecular weight is 258 g/mol. The molecule has 0 aliphatic carbocycles. The lowest BCUT2D eigenvalue weighted by molar-refractivity contribution is 0.0368. The average Bonchev–Trinajstić information content (AvgIpc) is 2.87. The summed E-state index contributed by atoms with van der Waals surface area (Å²) in [6.07, 6.45) is 5.94. The fraction of sp³-hybridized carbons (Fsp3) is 0.438. The largest absolute Gasteiger partial charge is 0.389 e. The van der Waals surface area contributed by atoms with Crippen molar-refractivity contribution >= 4 is 0 Å². The van der Waals surface area contributed by atoms with E-state index in [-0.39, 0.29) is 0 Å². The minimum absolute atomic E-state index is 0.651. The van der Waals surface area contributed by atoms with E-state index >= 15 is 0 Å². The Labute approximate surface area is 114 Å². The van der Waals surface area contributed by atoms with Gasteiger partial charge in [-0.05, 0) is 24.5 Å². The molecule has 102 valence electrons. The molecule has 0 amide bonds. The van der Waals surface area contributed by atoms with Crippen molar-refractivity contribution in [2.45, 2.75) is 45.3 Å². The van der Waals surface area contributed by atoms with Gasteiger partial charge in [-0.25, -0.2) is 0 Å². The first-order valence-corrected chi connectivity index (χ1v) is 6.93. The molecule has 1 heterocycles. The van der Waals surface area contributed by atoms with Crippen molar-refractivity contribution in [3.63, 3.8) is 0 Å². The molecule has 2 aromatic rings. The SMILES string of the molecule is CCn1cc(CC(O)(CC)Cc2ccccc2)cn1. The predicted molar refractivity (Wildman–Crippen MR) is 77.0 cm³/mol. The zero-order valence-electron chi connectivity index (χ0n) is 11.7. The molecule has 3 heteroatoms. The van der Waals surface area contributed by atoms with Gasteiger partial charge in [-0.2, -0.15) is 5.10 Å². The second-order valence-corrected chi connectivity index (χ2v) is 5.12. The second-order valence-electron chi connectivity index (χ2n) is 5.12. The molecule has 0 saturated heterocycles. The van der Waals surface area contributed by atoms with Gasteiger partial charge in [-0.1, -0.05) is 37.3 Å². The van der Waals surface area contributed by atoms with Crippen LogP contribution in [-0.2, 0) is 19.4 Å². The van der Waals surface area contributed by atoms with E-state index in [1.54, 1.807) is 0 Å². The third-order valence-corrected chi connectivity index (χ3v) is 3.58. The van der Waals surface area contributed by atoms with Crippen molar-refractivity contribution in [2.24, 2.45) is 0 Å². The van der Waals surface area contributed by atoms with Crippen LogP contribution in [0.2, 0.25) is 0 Å². The molecular weight excluding hydrogens is 236 g/mol. The van der Waals surface area contributed by atoms with E-state index in [2.05, 4.69) is 24.2 Å². The molecule has 2 rings (SSSR count). The van der Waals surface area contributed by atoms with Crippen LogP contribution >= 0.6 is 0 Å². The van der Waals surface area contributed by atoms with Crippen molar-refractivity contribution < 1.29 is 5.11 Å². The number of aryl methyl sites for hydroxylation is 1. The molecule has 1 N–H and O–H groups in total. The van der Waals surface area contributed by atoms with Gasteiger partial charge in [0.05, 0.1) is 11.8 Å². The Hall–Kier alpha value is -1.61. The maximum atomic E-state index is 10.8. The molecule has 0 spiro atoms. The summed E-state index contributed by atoms with van der Waals surface area (Å²) in [6.45, 7) is 4.96. The molecule has 19 heavy (non-hydrogen) atoms. The molecule has 0 fully saturated rings. The summed E-state index contributed by atoms with van der Waals surface area (Å²) in [5.41, 5.74) is 1.58. The van der Waals surface area contributed by atoms with Crippen molar-refractivity contribution in [2.75, 3.05) is 0 Å². The highest BCUT2D eigenvalue weighted by molar-refractivity contribution is 5.19. The van der Waals surface area contributed by atoms with Crippen LogP contribution in [0.4, 0.5) is 0 Å². The van der Waals surface area contributed by atoms with E-state index in [0.29, 0.717) is 12.8 Å². The number of aliphatic hydroxyl groups is 1. The number of aromatic nitrogens is 2. The maximum Gasteiger partial charge on any atom is 0.0726 e. The lowest BCUT2D eigenvalue weighted by Gasteiger charge is -2.26. The van der Waals surface area contributed by atoms with Crippen LogP contribution in [0.15, 0.2) is 42.7 Å². The molecule has 1 atom stereocenters. The molecule has 1 aromatic heterocycles. The molecule has 0 radical (unpaired) electrons. The minimum atomic E-state index is -0.692. The van der Waals surface area contributed by atoms with Gasteiger partial charge >= 0.3 is 0 Å². The van der Waals surface area contributed by atoms with E-state index in [1.807, 2.05) is 42.2 Å². The van der Waals surface area contributed by atoms with E-state index in [0.717, 1.165) is 18.5 Å². The van der Waals surface area contributed by atoms with Crippen LogP contribution in [0.1, 0.15) is 31.4 Å². The minimum Gasteiger partial charge on any atom is -0.389 e. The third kappa shape index (κ3) is 3.67. The Bertz CT molecular complexity index is 506. The summed E-state index contributed by atoms with van der Waals surface area (Å²) in [5, 5.41) is 15.0. The predicted octanol–water partition coefficient (Wildman–Crippen LogP) is 2.83. The maximum absolute atomic E-state index is 10.8. The van der Waals surface area contributed by atoms with Gasteiger partial charge in [0.15, 0.2) is 0 Å². The highest BCUT2D eigenvalue weighted by atomic mass is 16.3. The molecule has 1 aromatic carbocycles. The number of rotatable bonds is 6. The van der Waals surface area contributed by atoms with E-state index in [4.69, 9.17) is 0 Å². The fourth-order valence-electron chi connectivity index (χ4n) is 2.34. The highest BCUT2D eigenvalue weighted by Gasteiger charge is 2.26. The van der Waals surface area contributed by atoms with Crippen LogP contribution in [-0.4, -0.2) is 20.5 Å². The molecule has 0 aliphatic heterocycles. The van der Waals surface area contributed by atoms with Crippen LogP contribution in [0.5, 0.6) is 0 Å². The Morgan fingerprint density at radius 2 is 1.79 bits per heavy atom. The van der Waals surface area contributed by atoms with E-state index < -0.39 is 5.60 Å². The fourth-order valence-corrected chi connectivity index (χ4v) is 2.34. The summed E-state index contributed by atoms with van der Waals surface area (Å²) in [7, 11) is 0. The number of hydrogen-bond donors (Lipinski definition) is 1. The van der Waals surface area contributed by atoms with Gasteiger partial charge in [0.25, 0.3) is 0 Å². The normalized spacial score (nSPS) is 14.3. The van der Waals surface area contributed by atoms with Crippen molar-refractivity contribution in [1.82, 2.24) is 9.78 Å². The topological polar surface area (TPSA) is 38.0 Å². The molecule has 0 saturated carbocycles. The quantitative estimate of drug-likeness (QED) is 0.865. The second kappa shape index (κ2) is 6.02. The zero-order chi connectivity index (χ0) is 13.7. The first kappa shape index (κ1) is 13.8. The van der Waals surface area contributed by atoms with Gasteiger partial charge in [0.1, 0.15) is 0 Å². The molecular formula is C16H22N2O. The number of benzene rings is 1. The van der Waals surface area contributed by atoms with Crippen LogP contribution in [0.25, 0.3) is 0 Å². The van der Waals surface area contributed by atoms with Crippen LogP contribution in [0.3, 0.4) is 0 Å². The summed E-state index contributed by atoms with van der Waals surface area (Å²) in [4.78, 5) is 0. The highest BCUT2D eigenvalue weighted by Crippen LogP contribution is 2.22. The Morgan fingerprint density at radius 1 is 1.11 bits per heavy atom. The Kier molecular flexibility index (Phi) is 4.38. The van der Waals surface area contributed by atoms with Crippen LogP contribution in [0, 0.1) is 0 Å². The first-order chi connectivity index (χ1) is 9.15. The third-order valence-electron chi connectivity index (χ3n) is 3.58. The van der Waals surface area contributed by atoms with Gasteiger partial charge < -0.3 is 5.11 Å². The van der Waals surface area contributed by atoms with Crippen molar-refractivity contribution in [1.29, 1.82) is 0 Å². The van der Waals surface area contributed by atoms with Gasteiger partial charge in [-0.15, -0.1) is 0 Å². The lowest BCUT2D eigenvalue weighted by Crippen LogP contribution is -2.33. The molecule has 0 bridgehead atoms. The smallest absolute Gasteiger partial charge is 0.0726 e. The van der Waals surface area contributed by atoms with Crippen molar-refractivity contribution in [3.05, 3.63) is 53.9 Å². The summed E-state index contributed by atoms with van der Waals surface area (Å²) in [5.74, 6) is 0. The monoisotopic (exact) mass is 258 g/mol. The molecule has 1 unspecified atom stereocenters. The molecule has 3 nitrogen and oxygen atoms in total.